The molecule has 1 unspecified atom stereocenters. The van der Waals surface area contributed by atoms with Crippen molar-refractivity contribution in [3.8, 4) is 0 Å². The van der Waals surface area contributed by atoms with Gasteiger partial charge in [0.2, 0.25) is 0 Å². The lowest BCUT2D eigenvalue weighted by atomic mass is 9.98. The van der Waals surface area contributed by atoms with Crippen LogP contribution < -0.4 is 0 Å². The number of halogens is 8. The highest BCUT2D eigenvalue weighted by molar-refractivity contribution is 9.10. The minimum Gasteiger partial charge on any atom is -0.376 e. The van der Waals surface area contributed by atoms with E-state index < -0.39 is 30.5 Å². The van der Waals surface area contributed by atoms with Crippen molar-refractivity contribution in [2.45, 2.75) is 30.5 Å². The van der Waals surface area contributed by atoms with E-state index in [9.17, 15) is 30.7 Å². The van der Waals surface area contributed by atoms with E-state index >= 15 is 0 Å². The van der Waals surface area contributed by atoms with Crippen LogP contribution in [0.25, 0.3) is 0 Å². The summed E-state index contributed by atoms with van der Waals surface area (Å²) in [6.07, 6.45) is -9.77. The van der Waals surface area contributed by atoms with Gasteiger partial charge in [-0.25, -0.2) is 0 Å². The van der Waals surface area contributed by atoms with Crippen LogP contribution in [-0.4, -0.2) is 25.1 Å². The van der Waals surface area contributed by atoms with Crippen molar-refractivity contribution in [3.05, 3.63) is 34.3 Å². The van der Waals surface area contributed by atoms with Gasteiger partial charge in [0.1, 0.15) is 0 Å². The third-order valence-corrected chi connectivity index (χ3v) is 3.52. The summed E-state index contributed by atoms with van der Waals surface area (Å²) in [6.45, 7) is 0. The Kier molecular flexibility index (Phi) is 5.31. The van der Waals surface area contributed by atoms with E-state index in [-0.39, 0.29) is 10.0 Å². The first kappa shape index (κ1) is 18.2. The molecule has 1 nitrogen and oxygen atoms in total. The number of alkyl halides is 7. The minimum atomic E-state index is -6.34. The number of methoxy groups -OCH3 is 1. The first-order chi connectivity index (χ1) is 9.44. The van der Waals surface area contributed by atoms with E-state index in [2.05, 4.69) is 20.7 Å². The van der Waals surface area contributed by atoms with E-state index in [1.54, 1.807) is 0 Å². The van der Waals surface area contributed by atoms with Gasteiger partial charge in [0.15, 0.2) is 0 Å². The largest absolute Gasteiger partial charge is 0.459 e. The highest BCUT2D eigenvalue weighted by Gasteiger charge is 2.73. The average Bonchev–Trinajstić information content (AvgIpc) is 2.35. The van der Waals surface area contributed by atoms with Crippen molar-refractivity contribution >= 4 is 15.9 Å². The van der Waals surface area contributed by atoms with Crippen molar-refractivity contribution in [3.63, 3.8) is 0 Å². The molecule has 9 heteroatoms. The zero-order valence-electron chi connectivity index (χ0n) is 10.5. The van der Waals surface area contributed by atoms with Crippen LogP contribution in [0.4, 0.5) is 30.7 Å². The Labute approximate surface area is 124 Å². The van der Waals surface area contributed by atoms with Crippen molar-refractivity contribution in [2.75, 3.05) is 7.11 Å². The Morgan fingerprint density at radius 3 is 2.00 bits per heavy atom. The van der Waals surface area contributed by atoms with Crippen LogP contribution in [-0.2, 0) is 4.74 Å². The second-order valence-corrected chi connectivity index (χ2v) is 5.08. The molecule has 0 aromatic heterocycles. The molecule has 0 radical (unpaired) electrons. The molecule has 0 aliphatic rings. The smallest absolute Gasteiger partial charge is 0.376 e. The molecule has 1 aromatic rings. The van der Waals surface area contributed by atoms with Gasteiger partial charge in [-0.3, -0.25) is 0 Å². The summed E-state index contributed by atoms with van der Waals surface area (Å²) in [5, 5.41) is 0. The van der Waals surface area contributed by atoms with E-state index in [0.717, 1.165) is 7.11 Å². The van der Waals surface area contributed by atoms with Crippen molar-refractivity contribution in [2.24, 2.45) is 0 Å². The predicted octanol–water partition coefficient (Wildman–Crippen LogP) is 5.36. The van der Waals surface area contributed by atoms with Crippen molar-refractivity contribution < 1.29 is 35.5 Å². The molecule has 0 N–H and O–H groups in total. The Balaban J connectivity index is 3.09. The maximum absolute atomic E-state index is 13.4. The van der Waals surface area contributed by atoms with Crippen LogP contribution in [0, 0.1) is 0 Å². The summed E-state index contributed by atoms with van der Waals surface area (Å²) in [5.74, 6) is -11.4. The third kappa shape index (κ3) is 3.68. The fourth-order valence-corrected chi connectivity index (χ4v) is 2.16. The normalized spacial score (nSPS) is 15.1. The molecule has 0 aliphatic carbocycles. The molecular formula is C12H10BrF7O. The fourth-order valence-electron chi connectivity index (χ4n) is 1.62. The zero-order chi connectivity index (χ0) is 16.5. The number of benzene rings is 1. The maximum Gasteiger partial charge on any atom is 0.459 e. The van der Waals surface area contributed by atoms with Crippen LogP contribution in [0.5, 0.6) is 0 Å². The fraction of sp³-hybridized carbons (Fsp3) is 0.500. The monoisotopic (exact) mass is 382 g/mol. The standard InChI is InChI=1S/C12H10BrF7O/c1-21-9(7-4-2-3-5-8(7)13)6-10(14,15)11(16,17)12(18,19)20/h2-5,9H,6H2,1H3. The quantitative estimate of drug-likeness (QED) is 0.623. The molecule has 0 saturated carbocycles. The van der Waals surface area contributed by atoms with E-state index in [0.29, 0.717) is 0 Å². The number of hydrogen-bond acceptors (Lipinski definition) is 1. The van der Waals surface area contributed by atoms with Crippen molar-refractivity contribution in [1.82, 2.24) is 0 Å². The SMILES string of the molecule is COC(CC(F)(F)C(F)(F)C(F)(F)F)c1ccccc1Br. The van der Waals surface area contributed by atoms with Gasteiger partial charge in [0.25, 0.3) is 0 Å². The average molecular weight is 383 g/mol. The highest BCUT2D eigenvalue weighted by Crippen LogP contribution is 2.50. The van der Waals surface area contributed by atoms with Gasteiger partial charge in [-0.05, 0) is 11.6 Å². The van der Waals surface area contributed by atoms with Gasteiger partial charge < -0.3 is 4.74 Å². The molecule has 1 aromatic carbocycles. The van der Waals surface area contributed by atoms with Crippen molar-refractivity contribution in [1.29, 1.82) is 0 Å². The summed E-state index contributed by atoms with van der Waals surface area (Å²) < 4.78 is 93.7. The van der Waals surface area contributed by atoms with Gasteiger partial charge in [-0.2, -0.15) is 30.7 Å². The van der Waals surface area contributed by atoms with Gasteiger partial charge in [0.05, 0.1) is 6.10 Å². The third-order valence-electron chi connectivity index (χ3n) is 2.79. The molecule has 0 heterocycles. The second-order valence-electron chi connectivity index (χ2n) is 4.23. The Morgan fingerprint density at radius 1 is 1.05 bits per heavy atom. The summed E-state index contributed by atoms with van der Waals surface area (Å²) in [4.78, 5) is 0. The number of rotatable bonds is 5. The molecule has 0 saturated heterocycles. The minimum absolute atomic E-state index is 0.0534. The Hall–Kier alpha value is -0.830. The molecule has 0 amide bonds. The lowest BCUT2D eigenvalue weighted by Gasteiger charge is -2.30. The summed E-state index contributed by atoms with van der Waals surface area (Å²) in [6, 6.07) is 5.68. The van der Waals surface area contributed by atoms with Crippen LogP contribution in [0.2, 0.25) is 0 Å². The Bertz CT molecular complexity index is 487. The number of ether oxygens (including phenoxy) is 1. The number of hydrogen-bond donors (Lipinski definition) is 0. The molecule has 1 atom stereocenters. The molecule has 120 valence electrons. The topological polar surface area (TPSA) is 9.23 Å². The molecule has 0 aliphatic heterocycles. The van der Waals surface area contributed by atoms with Crippen LogP contribution in [0.3, 0.4) is 0 Å². The molecule has 21 heavy (non-hydrogen) atoms. The Morgan fingerprint density at radius 2 is 1.57 bits per heavy atom. The maximum atomic E-state index is 13.4. The van der Waals surface area contributed by atoms with Gasteiger partial charge >= 0.3 is 18.0 Å². The zero-order valence-corrected chi connectivity index (χ0v) is 12.1. The van der Waals surface area contributed by atoms with Gasteiger partial charge in [-0.1, -0.05) is 34.1 Å². The van der Waals surface area contributed by atoms with Crippen LogP contribution in [0.1, 0.15) is 18.1 Å². The summed E-state index contributed by atoms with van der Waals surface area (Å²) >= 11 is 3.00. The lowest BCUT2D eigenvalue weighted by Crippen LogP contribution is -2.52. The summed E-state index contributed by atoms with van der Waals surface area (Å²) in [5.41, 5.74) is 0.0534. The highest BCUT2D eigenvalue weighted by atomic mass is 79.9. The molecule has 0 fully saturated rings. The van der Waals surface area contributed by atoms with E-state index in [1.165, 1.54) is 24.3 Å². The first-order valence-corrected chi connectivity index (χ1v) is 6.33. The molecule has 1 rings (SSSR count). The summed E-state index contributed by atoms with van der Waals surface area (Å²) in [7, 11) is 0.950. The van der Waals surface area contributed by atoms with Gasteiger partial charge in [-0.15, -0.1) is 0 Å². The predicted molar refractivity (Wildman–Crippen MR) is 64.5 cm³/mol. The molecule has 0 spiro atoms. The first-order valence-electron chi connectivity index (χ1n) is 5.53. The van der Waals surface area contributed by atoms with E-state index in [1.807, 2.05) is 0 Å². The molecular weight excluding hydrogens is 373 g/mol. The van der Waals surface area contributed by atoms with Crippen LogP contribution >= 0.6 is 15.9 Å². The second kappa shape index (κ2) is 6.12. The van der Waals surface area contributed by atoms with E-state index in [4.69, 9.17) is 0 Å². The molecule has 0 bridgehead atoms. The van der Waals surface area contributed by atoms with Crippen LogP contribution in [0.15, 0.2) is 28.7 Å². The van der Waals surface area contributed by atoms with Gasteiger partial charge in [0, 0.05) is 18.0 Å². The lowest BCUT2D eigenvalue weighted by molar-refractivity contribution is -0.358.